The minimum Gasteiger partial charge on any atom is -0.691 e. The molecule has 0 unspecified atom stereocenters. The molecule has 56 heavy (non-hydrogen) atoms. The molecule has 0 aliphatic heterocycles. The molecular formula is C37H28N4Na2O10S3. The molecular weight excluding hydrogens is 803 g/mol. The number of hydrogen-bond acceptors (Lipinski definition) is 16. The van der Waals surface area contributed by atoms with Crippen LogP contribution >= 0.6 is 24.1 Å². The molecule has 0 atom stereocenters. The molecule has 276 valence electrons. The van der Waals surface area contributed by atoms with Crippen molar-refractivity contribution in [3.63, 3.8) is 0 Å². The number of azo groups is 2. The monoisotopic (exact) mass is 830 g/mol. The number of benzene rings is 6. The van der Waals surface area contributed by atoms with E-state index in [1.807, 2.05) is 51.1 Å². The van der Waals surface area contributed by atoms with Crippen LogP contribution in [0.5, 0.6) is 11.5 Å². The second kappa shape index (κ2) is 21.0. The summed E-state index contributed by atoms with van der Waals surface area (Å²) in [4.78, 5) is 0.830. The second-order valence-electron chi connectivity index (χ2n) is 11.6. The number of nitrogens with zero attached hydrogens (tertiary/aromatic N) is 4. The SMILES string of the molecule is Cc1ccc(S(=O)(=O)Oc2ccc(N=Nc3ccc(-c4ccc(N=Nc5c(O)ccc6cc(SOO[O-])cc(SOO[O-])c56)c(C)c4)cc3C)cc2)cc1.[Na+].[Na+]. The van der Waals surface area contributed by atoms with Crippen LogP contribution in [-0.2, 0) is 28.9 Å². The second-order valence-corrected chi connectivity index (χ2v) is 14.7. The minimum atomic E-state index is -3.97. The summed E-state index contributed by atoms with van der Waals surface area (Å²) in [5, 5.41) is 57.0. The topological polar surface area (TPSA) is 196 Å². The number of fused-ring (bicyclic) bond motifs is 1. The van der Waals surface area contributed by atoms with Gasteiger partial charge in [-0.15, -0.1) is 5.11 Å². The van der Waals surface area contributed by atoms with Gasteiger partial charge >= 0.3 is 69.2 Å². The van der Waals surface area contributed by atoms with Crippen LogP contribution in [0.25, 0.3) is 21.9 Å². The van der Waals surface area contributed by atoms with Gasteiger partial charge in [-0.3, -0.25) is 10.1 Å². The molecule has 0 aliphatic carbocycles. The van der Waals surface area contributed by atoms with E-state index in [0.29, 0.717) is 61.7 Å². The third kappa shape index (κ3) is 11.5. The van der Waals surface area contributed by atoms with E-state index in [1.54, 1.807) is 42.5 Å². The smallest absolute Gasteiger partial charge is 0.691 e. The molecule has 0 spiro atoms. The fraction of sp³-hybridized carbons (Fsp3) is 0.0811. The molecule has 0 heterocycles. The Morgan fingerprint density at radius 3 is 1.82 bits per heavy atom. The Morgan fingerprint density at radius 2 is 1.23 bits per heavy atom. The zero-order valence-electron chi connectivity index (χ0n) is 30.5. The van der Waals surface area contributed by atoms with Gasteiger partial charge in [0.15, 0.2) is 0 Å². The van der Waals surface area contributed by atoms with E-state index < -0.39 is 10.1 Å². The largest absolute Gasteiger partial charge is 1.00 e. The molecule has 0 aliphatic rings. The number of phenolic OH excluding ortho intramolecular Hbond substituents is 1. The fourth-order valence-corrected chi connectivity index (χ4v) is 7.27. The van der Waals surface area contributed by atoms with E-state index in [-0.39, 0.29) is 81.2 Å². The van der Waals surface area contributed by atoms with Crippen LogP contribution in [-0.4, -0.2) is 13.5 Å². The van der Waals surface area contributed by atoms with Crippen molar-refractivity contribution < 1.29 is 106 Å². The zero-order chi connectivity index (χ0) is 38.2. The molecule has 19 heteroatoms. The molecule has 0 saturated carbocycles. The Hall–Kier alpha value is -3.21. The molecule has 6 aromatic carbocycles. The van der Waals surface area contributed by atoms with Crippen LogP contribution in [0.3, 0.4) is 0 Å². The van der Waals surface area contributed by atoms with Crippen molar-refractivity contribution in [2.24, 2.45) is 20.5 Å². The molecule has 0 radical (unpaired) electrons. The summed E-state index contributed by atoms with van der Waals surface area (Å²) >= 11 is 1.22. The Morgan fingerprint density at radius 1 is 0.643 bits per heavy atom. The molecule has 6 rings (SSSR count). The summed E-state index contributed by atoms with van der Waals surface area (Å²) < 4.78 is 39.4. The van der Waals surface area contributed by atoms with Crippen molar-refractivity contribution in [1.82, 2.24) is 0 Å². The van der Waals surface area contributed by atoms with E-state index in [1.165, 1.54) is 36.4 Å². The zero-order valence-corrected chi connectivity index (χ0v) is 37.0. The van der Waals surface area contributed by atoms with Crippen LogP contribution in [0, 0.1) is 20.8 Å². The quantitative estimate of drug-likeness (QED) is 0.0421. The number of aromatic hydroxyl groups is 1. The van der Waals surface area contributed by atoms with Gasteiger partial charge in [0.25, 0.3) is 0 Å². The van der Waals surface area contributed by atoms with Gasteiger partial charge in [0.1, 0.15) is 22.1 Å². The standard InChI is InChI=1S/C37H30N4O10S3.2Na/c1-22-4-13-31(14-5-22)54(45,46)47-29-11-9-28(10-12-29)38-39-32-15-6-25(18-23(32)2)26-7-16-33(24(3)19-26)40-41-37-34(42)17-8-27-20-30(52-50-48-43)21-35(36(27)37)53-51-49-44;;/h4-21,42-44H,1-3H3;;/q;2*+1/p-2. The van der Waals surface area contributed by atoms with Crippen LogP contribution < -0.4 is 73.8 Å². The van der Waals surface area contributed by atoms with Crippen molar-refractivity contribution >= 4 is 67.7 Å². The van der Waals surface area contributed by atoms with E-state index in [2.05, 4.69) is 39.2 Å². The average molecular weight is 831 g/mol. The van der Waals surface area contributed by atoms with Gasteiger partial charge in [-0.25, -0.2) is 0 Å². The third-order valence-electron chi connectivity index (χ3n) is 7.93. The van der Waals surface area contributed by atoms with Crippen molar-refractivity contribution in [1.29, 1.82) is 0 Å². The van der Waals surface area contributed by atoms with E-state index >= 15 is 0 Å². The van der Waals surface area contributed by atoms with Crippen molar-refractivity contribution in [2.45, 2.75) is 35.5 Å². The van der Waals surface area contributed by atoms with E-state index in [4.69, 9.17) is 4.18 Å². The Bertz CT molecular complexity index is 2480. The van der Waals surface area contributed by atoms with Gasteiger partial charge in [0, 0.05) is 15.2 Å². The van der Waals surface area contributed by atoms with Gasteiger partial charge in [-0.2, -0.15) is 32.4 Å². The van der Waals surface area contributed by atoms with Gasteiger partial charge in [-0.05, 0) is 127 Å². The first-order valence-corrected chi connectivity index (χ1v) is 18.7. The average Bonchev–Trinajstić information content (AvgIpc) is 3.16. The van der Waals surface area contributed by atoms with E-state index in [9.17, 15) is 24.0 Å². The van der Waals surface area contributed by atoms with Crippen LogP contribution in [0.1, 0.15) is 16.7 Å². The molecule has 0 aromatic heterocycles. The number of rotatable bonds is 14. The van der Waals surface area contributed by atoms with Gasteiger partial charge < -0.3 is 19.8 Å². The Labute approximate surface area is 374 Å². The Kier molecular flexibility index (Phi) is 17.0. The number of hydrogen-bond donors (Lipinski definition) is 1. The van der Waals surface area contributed by atoms with E-state index in [0.717, 1.165) is 27.8 Å². The molecule has 0 saturated heterocycles. The first-order valence-electron chi connectivity index (χ1n) is 15.8. The van der Waals surface area contributed by atoms with Crippen LogP contribution in [0.2, 0.25) is 0 Å². The molecule has 1 N–H and O–H groups in total. The van der Waals surface area contributed by atoms with Gasteiger partial charge in [0.2, 0.25) is 0 Å². The summed E-state index contributed by atoms with van der Waals surface area (Å²) in [7, 11) is -3.97. The minimum absolute atomic E-state index is 0. The molecule has 0 bridgehead atoms. The number of phenols is 1. The normalized spacial score (nSPS) is 11.5. The summed E-state index contributed by atoms with van der Waals surface area (Å²) in [5.74, 6) is -0.0160. The van der Waals surface area contributed by atoms with Crippen molar-refractivity contribution in [3.8, 4) is 22.6 Å². The summed E-state index contributed by atoms with van der Waals surface area (Å²) in [6, 6.07) is 30.3. The third-order valence-corrected chi connectivity index (χ3v) is 10.4. The van der Waals surface area contributed by atoms with Crippen LogP contribution in [0.15, 0.2) is 144 Å². The molecule has 0 amide bonds. The maximum Gasteiger partial charge on any atom is 1.00 e. The maximum atomic E-state index is 12.6. The predicted molar refractivity (Wildman–Crippen MR) is 197 cm³/mol. The summed E-state index contributed by atoms with van der Waals surface area (Å²) in [6.45, 7) is 5.67. The molecule has 6 aromatic rings. The van der Waals surface area contributed by atoms with Crippen LogP contribution in [0.4, 0.5) is 22.7 Å². The summed E-state index contributed by atoms with van der Waals surface area (Å²) in [6.07, 6.45) is 0. The van der Waals surface area contributed by atoms with Gasteiger partial charge in [-0.1, -0.05) is 35.9 Å². The fourth-order valence-electron chi connectivity index (χ4n) is 5.25. The first kappa shape index (κ1) is 45.5. The predicted octanol–water partition coefficient (Wildman–Crippen LogP) is 3.21. The summed E-state index contributed by atoms with van der Waals surface area (Å²) in [5.41, 5.74) is 6.30. The van der Waals surface area contributed by atoms with Crippen molar-refractivity contribution in [2.75, 3.05) is 0 Å². The maximum absolute atomic E-state index is 12.6. The molecule has 0 fully saturated rings. The number of aryl methyl sites for hydroxylation is 3. The van der Waals surface area contributed by atoms with Crippen molar-refractivity contribution in [3.05, 3.63) is 126 Å². The molecule has 14 nitrogen and oxygen atoms in total. The van der Waals surface area contributed by atoms with Gasteiger partial charge in [0.05, 0.1) is 41.1 Å². The Balaban J connectivity index is 0.00000348. The first-order chi connectivity index (χ1) is 26.0.